The van der Waals surface area contributed by atoms with Crippen LogP contribution in [0.15, 0.2) is 30.6 Å². The molecular formula is C14H20N4. The van der Waals surface area contributed by atoms with Gasteiger partial charge in [-0.2, -0.15) is 5.10 Å². The molecule has 0 aliphatic carbocycles. The average molecular weight is 244 g/mol. The Labute approximate surface area is 108 Å². The van der Waals surface area contributed by atoms with E-state index in [1.165, 1.54) is 5.56 Å². The molecule has 0 atom stereocenters. The number of hydrogen-bond donors (Lipinski definition) is 1. The highest BCUT2D eigenvalue weighted by atomic mass is 15.3. The van der Waals surface area contributed by atoms with Crippen LogP contribution in [0.4, 0.5) is 5.69 Å². The van der Waals surface area contributed by atoms with Gasteiger partial charge in [0.1, 0.15) is 12.2 Å². The van der Waals surface area contributed by atoms with E-state index in [1.807, 2.05) is 4.68 Å². The van der Waals surface area contributed by atoms with E-state index in [1.54, 1.807) is 6.33 Å². The van der Waals surface area contributed by atoms with Crippen LogP contribution in [-0.2, 0) is 13.1 Å². The molecule has 0 fully saturated rings. The Morgan fingerprint density at radius 2 is 2.17 bits per heavy atom. The van der Waals surface area contributed by atoms with Gasteiger partial charge in [-0.15, -0.1) is 0 Å². The Hall–Kier alpha value is -1.84. The summed E-state index contributed by atoms with van der Waals surface area (Å²) in [5.74, 6) is 1.51. The molecule has 0 radical (unpaired) electrons. The third kappa shape index (κ3) is 2.88. The largest absolute Gasteiger partial charge is 0.378 e. The molecule has 0 unspecified atom stereocenters. The molecule has 1 aromatic carbocycles. The molecule has 2 aromatic rings. The summed E-state index contributed by atoms with van der Waals surface area (Å²) in [6.07, 6.45) is 1.60. The van der Waals surface area contributed by atoms with Gasteiger partial charge in [0.2, 0.25) is 0 Å². The van der Waals surface area contributed by atoms with Gasteiger partial charge in [-0.1, -0.05) is 26.0 Å². The maximum absolute atomic E-state index is 4.25. The van der Waals surface area contributed by atoms with E-state index in [-0.39, 0.29) is 0 Å². The van der Waals surface area contributed by atoms with Gasteiger partial charge in [0.15, 0.2) is 0 Å². The lowest BCUT2D eigenvalue weighted by Crippen LogP contribution is -2.09. The van der Waals surface area contributed by atoms with Crippen LogP contribution in [0.25, 0.3) is 0 Å². The summed E-state index contributed by atoms with van der Waals surface area (Å²) >= 11 is 0. The van der Waals surface area contributed by atoms with E-state index in [9.17, 15) is 0 Å². The molecule has 18 heavy (non-hydrogen) atoms. The molecule has 1 aromatic heterocycles. The summed E-state index contributed by atoms with van der Waals surface area (Å²) in [6, 6.07) is 8.52. The van der Waals surface area contributed by atoms with E-state index < -0.39 is 0 Å². The first-order chi connectivity index (χ1) is 8.70. The van der Waals surface area contributed by atoms with Gasteiger partial charge in [-0.05, 0) is 30.5 Å². The SMILES string of the molecule is CCn1ncnc1CNc1cccc(C(C)C)c1. The third-order valence-electron chi connectivity index (χ3n) is 3.00. The summed E-state index contributed by atoms with van der Waals surface area (Å²) in [7, 11) is 0. The highest BCUT2D eigenvalue weighted by Crippen LogP contribution is 2.18. The molecule has 4 nitrogen and oxygen atoms in total. The minimum atomic E-state index is 0.547. The van der Waals surface area contributed by atoms with E-state index >= 15 is 0 Å². The minimum Gasteiger partial charge on any atom is -0.378 e. The minimum absolute atomic E-state index is 0.547. The smallest absolute Gasteiger partial charge is 0.146 e. The molecule has 1 N–H and O–H groups in total. The Kier molecular flexibility index (Phi) is 3.97. The van der Waals surface area contributed by atoms with Crippen molar-refractivity contribution in [1.29, 1.82) is 0 Å². The highest BCUT2D eigenvalue weighted by Gasteiger charge is 2.03. The number of anilines is 1. The summed E-state index contributed by atoms with van der Waals surface area (Å²) in [6.45, 7) is 8.02. The average Bonchev–Trinajstić information content (AvgIpc) is 2.84. The predicted molar refractivity (Wildman–Crippen MR) is 73.6 cm³/mol. The fraction of sp³-hybridized carbons (Fsp3) is 0.429. The van der Waals surface area contributed by atoms with Crippen molar-refractivity contribution < 1.29 is 0 Å². The third-order valence-corrected chi connectivity index (χ3v) is 3.00. The Bertz CT molecular complexity index is 502. The molecule has 96 valence electrons. The highest BCUT2D eigenvalue weighted by molar-refractivity contribution is 5.46. The predicted octanol–water partition coefficient (Wildman–Crippen LogP) is 3.03. The lowest BCUT2D eigenvalue weighted by Gasteiger charge is -2.10. The van der Waals surface area contributed by atoms with Gasteiger partial charge in [0.05, 0.1) is 6.54 Å². The molecule has 0 bridgehead atoms. The molecule has 0 saturated heterocycles. The molecule has 0 spiro atoms. The fourth-order valence-electron chi connectivity index (χ4n) is 1.88. The van der Waals surface area contributed by atoms with Crippen molar-refractivity contribution in [2.75, 3.05) is 5.32 Å². The van der Waals surface area contributed by atoms with Crippen molar-refractivity contribution in [2.45, 2.75) is 39.8 Å². The lowest BCUT2D eigenvalue weighted by atomic mass is 10.0. The molecular weight excluding hydrogens is 224 g/mol. The molecule has 1 heterocycles. The number of aryl methyl sites for hydroxylation is 1. The first-order valence-electron chi connectivity index (χ1n) is 6.41. The van der Waals surface area contributed by atoms with E-state index in [4.69, 9.17) is 0 Å². The zero-order valence-corrected chi connectivity index (χ0v) is 11.2. The van der Waals surface area contributed by atoms with Crippen LogP contribution in [0, 0.1) is 0 Å². The van der Waals surface area contributed by atoms with Gasteiger partial charge < -0.3 is 5.32 Å². The number of aromatic nitrogens is 3. The second-order valence-corrected chi connectivity index (χ2v) is 4.63. The van der Waals surface area contributed by atoms with Crippen LogP contribution < -0.4 is 5.32 Å². The van der Waals surface area contributed by atoms with Crippen LogP contribution in [-0.4, -0.2) is 14.8 Å². The summed E-state index contributed by atoms with van der Waals surface area (Å²) < 4.78 is 1.90. The number of rotatable bonds is 5. The van der Waals surface area contributed by atoms with Gasteiger partial charge >= 0.3 is 0 Å². The topological polar surface area (TPSA) is 42.7 Å². The number of nitrogens with zero attached hydrogens (tertiary/aromatic N) is 3. The van der Waals surface area contributed by atoms with E-state index in [0.29, 0.717) is 12.5 Å². The summed E-state index contributed by atoms with van der Waals surface area (Å²) in [5, 5.41) is 7.55. The van der Waals surface area contributed by atoms with Crippen LogP contribution in [0.1, 0.15) is 38.1 Å². The second-order valence-electron chi connectivity index (χ2n) is 4.63. The Morgan fingerprint density at radius 3 is 2.89 bits per heavy atom. The first kappa shape index (κ1) is 12.6. The van der Waals surface area contributed by atoms with Crippen molar-refractivity contribution in [3.05, 3.63) is 42.0 Å². The molecule has 0 aliphatic rings. The van der Waals surface area contributed by atoms with Gasteiger partial charge in [0.25, 0.3) is 0 Å². The quantitative estimate of drug-likeness (QED) is 0.879. The van der Waals surface area contributed by atoms with E-state index in [2.05, 4.69) is 60.4 Å². The maximum atomic E-state index is 4.25. The Morgan fingerprint density at radius 1 is 1.33 bits per heavy atom. The van der Waals surface area contributed by atoms with Crippen molar-refractivity contribution in [2.24, 2.45) is 0 Å². The molecule has 0 saturated carbocycles. The van der Waals surface area contributed by atoms with Gasteiger partial charge in [0, 0.05) is 12.2 Å². The molecule has 2 rings (SSSR count). The fourth-order valence-corrected chi connectivity index (χ4v) is 1.88. The van der Waals surface area contributed by atoms with Gasteiger partial charge in [-0.25, -0.2) is 9.67 Å². The summed E-state index contributed by atoms with van der Waals surface area (Å²) in [5.41, 5.74) is 2.48. The van der Waals surface area contributed by atoms with Crippen LogP contribution in [0.5, 0.6) is 0 Å². The Balaban J connectivity index is 2.04. The van der Waals surface area contributed by atoms with Crippen molar-refractivity contribution in [1.82, 2.24) is 14.8 Å². The second kappa shape index (κ2) is 5.67. The number of benzene rings is 1. The van der Waals surface area contributed by atoms with Crippen LogP contribution in [0.2, 0.25) is 0 Å². The van der Waals surface area contributed by atoms with E-state index in [0.717, 1.165) is 18.1 Å². The molecule has 0 aliphatic heterocycles. The lowest BCUT2D eigenvalue weighted by molar-refractivity contribution is 0.622. The zero-order chi connectivity index (χ0) is 13.0. The standard InChI is InChI=1S/C14H20N4/c1-4-18-14(16-10-17-18)9-15-13-7-5-6-12(8-13)11(2)3/h5-8,10-11,15H,4,9H2,1-3H3. The number of hydrogen-bond acceptors (Lipinski definition) is 3. The summed E-state index contributed by atoms with van der Waals surface area (Å²) in [4.78, 5) is 4.25. The van der Waals surface area contributed by atoms with Crippen LogP contribution in [0.3, 0.4) is 0 Å². The zero-order valence-electron chi connectivity index (χ0n) is 11.2. The van der Waals surface area contributed by atoms with Crippen molar-refractivity contribution >= 4 is 5.69 Å². The first-order valence-corrected chi connectivity index (χ1v) is 6.41. The van der Waals surface area contributed by atoms with Crippen LogP contribution >= 0.6 is 0 Å². The normalized spacial score (nSPS) is 10.9. The maximum Gasteiger partial charge on any atom is 0.146 e. The molecule has 0 amide bonds. The van der Waals surface area contributed by atoms with Crippen molar-refractivity contribution in [3.63, 3.8) is 0 Å². The number of nitrogens with one attached hydrogen (secondary N) is 1. The van der Waals surface area contributed by atoms with Gasteiger partial charge in [-0.3, -0.25) is 0 Å². The van der Waals surface area contributed by atoms with Crippen molar-refractivity contribution in [3.8, 4) is 0 Å². The monoisotopic (exact) mass is 244 g/mol. The molecule has 4 heteroatoms.